The Hall–Kier alpha value is -3.21. The summed E-state index contributed by atoms with van der Waals surface area (Å²) in [4.78, 5) is 6.27. The average molecular weight is 518 g/mol. The Morgan fingerprint density at radius 1 is 1.11 bits per heavy atom. The highest BCUT2D eigenvalue weighted by atomic mass is 19.1. The van der Waals surface area contributed by atoms with Gasteiger partial charge in [0.1, 0.15) is 35.4 Å². The molecule has 1 aliphatic heterocycles. The third-order valence-corrected chi connectivity index (χ3v) is 6.14. The molecule has 1 N–H and O–H groups in total. The predicted molar refractivity (Wildman–Crippen MR) is 133 cm³/mol. The SMILES string of the molecule is COc1cc(CN2CCOC[C@](O)(COc3cc(F)cc(F)c3)C2)ccc1OCCCn1ccnc1C. The molecule has 200 valence electrons. The van der Waals surface area contributed by atoms with Crippen LogP contribution >= 0.6 is 0 Å². The number of aromatic nitrogens is 2. The Bertz CT molecular complexity index is 1150. The van der Waals surface area contributed by atoms with Gasteiger partial charge in [-0.25, -0.2) is 13.8 Å². The molecular weight excluding hydrogens is 484 g/mol. The molecule has 0 spiro atoms. The van der Waals surface area contributed by atoms with Crippen molar-refractivity contribution in [1.82, 2.24) is 14.5 Å². The van der Waals surface area contributed by atoms with Crippen molar-refractivity contribution in [2.75, 3.05) is 46.6 Å². The summed E-state index contributed by atoms with van der Waals surface area (Å²) < 4.78 is 51.6. The van der Waals surface area contributed by atoms with Gasteiger partial charge >= 0.3 is 0 Å². The molecule has 4 rings (SSSR count). The van der Waals surface area contributed by atoms with Crippen molar-refractivity contribution in [3.8, 4) is 17.2 Å². The van der Waals surface area contributed by atoms with Crippen molar-refractivity contribution in [2.45, 2.75) is 32.0 Å². The highest BCUT2D eigenvalue weighted by molar-refractivity contribution is 5.43. The Kier molecular flexibility index (Phi) is 8.96. The molecule has 0 aliphatic carbocycles. The van der Waals surface area contributed by atoms with Gasteiger partial charge in [0, 0.05) is 56.8 Å². The largest absolute Gasteiger partial charge is 0.493 e. The number of imidazole rings is 1. The molecule has 1 aliphatic rings. The van der Waals surface area contributed by atoms with Gasteiger partial charge in [-0.15, -0.1) is 0 Å². The van der Waals surface area contributed by atoms with Gasteiger partial charge < -0.3 is 28.6 Å². The number of β-amino-alcohol motifs (C(OH)–C–C–N with tert-alkyl or cyclic N) is 1. The maximum Gasteiger partial charge on any atom is 0.161 e. The first-order chi connectivity index (χ1) is 17.8. The van der Waals surface area contributed by atoms with Gasteiger partial charge in [-0.3, -0.25) is 4.90 Å². The van der Waals surface area contributed by atoms with E-state index in [1.807, 2.05) is 36.2 Å². The van der Waals surface area contributed by atoms with Gasteiger partial charge in [-0.1, -0.05) is 6.07 Å². The van der Waals surface area contributed by atoms with Crippen molar-refractivity contribution in [2.24, 2.45) is 0 Å². The van der Waals surface area contributed by atoms with E-state index in [1.54, 1.807) is 13.3 Å². The van der Waals surface area contributed by atoms with Gasteiger partial charge in [0.25, 0.3) is 0 Å². The van der Waals surface area contributed by atoms with Crippen LogP contribution in [0.4, 0.5) is 8.78 Å². The normalized spacial score (nSPS) is 18.4. The maximum absolute atomic E-state index is 13.5. The van der Waals surface area contributed by atoms with Gasteiger partial charge in [-0.05, 0) is 31.0 Å². The number of hydrogen-bond acceptors (Lipinski definition) is 7. The minimum Gasteiger partial charge on any atom is -0.493 e. The Morgan fingerprint density at radius 2 is 1.92 bits per heavy atom. The fraction of sp³-hybridized carbons (Fsp3) is 0.444. The number of nitrogens with zero attached hydrogens (tertiary/aromatic N) is 3. The van der Waals surface area contributed by atoms with Crippen molar-refractivity contribution in [3.63, 3.8) is 0 Å². The second kappa shape index (κ2) is 12.4. The highest BCUT2D eigenvalue weighted by Gasteiger charge is 2.33. The summed E-state index contributed by atoms with van der Waals surface area (Å²) >= 11 is 0. The first kappa shape index (κ1) is 26.8. The van der Waals surface area contributed by atoms with Crippen molar-refractivity contribution in [1.29, 1.82) is 0 Å². The third-order valence-electron chi connectivity index (χ3n) is 6.14. The molecule has 10 heteroatoms. The average Bonchev–Trinajstić information content (AvgIpc) is 3.18. The summed E-state index contributed by atoms with van der Waals surface area (Å²) in [6.07, 6.45) is 4.57. The summed E-state index contributed by atoms with van der Waals surface area (Å²) in [5.41, 5.74) is -0.365. The number of ether oxygens (including phenoxy) is 4. The van der Waals surface area contributed by atoms with Crippen LogP contribution in [0.5, 0.6) is 17.2 Å². The molecular formula is C27H33F2N3O5. The molecule has 0 amide bonds. The molecule has 1 atom stereocenters. The fourth-order valence-electron chi connectivity index (χ4n) is 4.29. The molecule has 0 radical (unpaired) electrons. The van der Waals surface area contributed by atoms with Crippen LogP contribution in [-0.4, -0.2) is 71.8 Å². The number of rotatable bonds is 11. The molecule has 1 fully saturated rings. The van der Waals surface area contributed by atoms with Crippen molar-refractivity contribution in [3.05, 3.63) is 71.8 Å². The summed E-state index contributed by atoms with van der Waals surface area (Å²) in [6, 6.07) is 8.71. The fourth-order valence-corrected chi connectivity index (χ4v) is 4.29. The van der Waals surface area contributed by atoms with Crippen LogP contribution in [0.1, 0.15) is 17.8 Å². The lowest BCUT2D eigenvalue weighted by molar-refractivity contribution is -0.0647. The van der Waals surface area contributed by atoms with Crippen LogP contribution in [0.2, 0.25) is 0 Å². The Morgan fingerprint density at radius 3 is 2.65 bits per heavy atom. The summed E-state index contributed by atoms with van der Waals surface area (Å²) in [7, 11) is 1.60. The van der Waals surface area contributed by atoms with Crippen LogP contribution in [0.15, 0.2) is 48.8 Å². The number of hydrogen-bond donors (Lipinski definition) is 1. The summed E-state index contributed by atoms with van der Waals surface area (Å²) in [5.74, 6) is 0.810. The van der Waals surface area contributed by atoms with Crippen molar-refractivity contribution < 1.29 is 32.8 Å². The standard InChI is InChI=1S/C27H33F2N3O5/c1-20-30-6-8-32(20)7-3-10-36-25-5-4-21(12-26(25)34-2)16-31-9-11-35-18-27(33,17-31)19-37-24-14-22(28)13-23(29)15-24/h4-6,8,12-15,33H,3,7,9-11,16-19H2,1-2H3/t27-/m0/s1. The Labute approximate surface area is 215 Å². The van der Waals surface area contributed by atoms with E-state index in [0.29, 0.717) is 37.8 Å². The molecule has 0 bridgehead atoms. The summed E-state index contributed by atoms with van der Waals surface area (Å²) in [6.45, 7) is 5.06. The molecule has 0 unspecified atom stereocenters. The van der Waals surface area contributed by atoms with E-state index in [2.05, 4.69) is 9.55 Å². The Balaban J connectivity index is 1.33. The van der Waals surface area contributed by atoms with Crippen LogP contribution in [0.25, 0.3) is 0 Å². The van der Waals surface area contributed by atoms with Crippen LogP contribution in [0, 0.1) is 18.6 Å². The van der Waals surface area contributed by atoms with E-state index in [-0.39, 0.29) is 25.5 Å². The van der Waals surface area contributed by atoms with E-state index in [9.17, 15) is 13.9 Å². The number of methoxy groups -OCH3 is 1. The number of halogens is 2. The molecule has 1 saturated heterocycles. The molecule has 8 nitrogen and oxygen atoms in total. The van der Waals surface area contributed by atoms with E-state index < -0.39 is 17.2 Å². The van der Waals surface area contributed by atoms with E-state index in [4.69, 9.17) is 18.9 Å². The van der Waals surface area contributed by atoms with Crippen LogP contribution in [0.3, 0.4) is 0 Å². The predicted octanol–water partition coefficient (Wildman–Crippen LogP) is 3.59. The highest BCUT2D eigenvalue weighted by Crippen LogP contribution is 2.29. The lowest BCUT2D eigenvalue weighted by atomic mass is 10.1. The lowest BCUT2D eigenvalue weighted by Gasteiger charge is -2.30. The summed E-state index contributed by atoms with van der Waals surface area (Å²) in [5, 5.41) is 11.1. The van der Waals surface area contributed by atoms with Crippen molar-refractivity contribution >= 4 is 0 Å². The van der Waals surface area contributed by atoms with E-state index >= 15 is 0 Å². The zero-order chi connectivity index (χ0) is 26.3. The van der Waals surface area contributed by atoms with E-state index in [0.717, 1.165) is 42.6 Å². The second-order valence-corrected chi connectivity index (χ2v) is 9.24. The quantitative estimate of drug-likeness (QED) is 0.390. The maximum atomic E-state index is 13.5. The zero-order valence-electron chi connectivity index (χ0n) is 21.2. The molecule has 2 aromatic carbocycles. The monoisotopic (exact) mass is 517 g/mol. The molecule has 3 aromatic rings. The van der Waals surface area contributed by atoms with Gasteiger partial charge in [0.15, 0.2) is 11.5 Å². The first-order valence-electron chi connectivity index (χ1n) is 12.2. The lowest BCUT2D eigenvalue weighted by Crippen LogP contribution is -2.48. The van der Waals surface area contributed by atoms with Gasteiger partial charge in [-0.2, -0.15) is 0 Å². The first-order valence-corrected chi connectivity index (χ1v) is 12.2. The third kappa shape index (κ3) is 7.64. The van der Waals surface area contributed by atoms with Gasteiger partial charge in [0.05, 0.1) is 26.9 Å². The second-order valence-electron chi connectivity index (χ2n) is 9.24. The van der Waals surface area contributed by atoms with Crippen LogP contribution < -0.4 is 14.2 Å². The smallest absolute Gasteiger partial charge is 0.161 e. The minimum atomic E-state index is -1.35. The minimum absolute atomic E-state index is 0.0159. The van der Waals surface area contributed by atoms with E-state index in [1.165, 1.54) is 0 Å². The molecule has 2 heterocycles. The molecule has 0 saturated carbocycles. The number of aliphatic hydroxyl groups is 1. The zero-order valence-corrected chi connectivity index (χ0v) is 21.2. The number of aryl methyl sites for hydroxylation is 2. The topological polar surface area (TPSA) is 78.2 Å². The molecule has 37 heavy (non-hydrogen) atoms. The van der Waals surface area contributed by atoms with Crippen LogP contribution in [-0.2, 0) is 17.8 Å². The van der Waals surface area contributed by atoms with Gasteiger partial charge in [0.2, 0.25) is 0 Å². The molecule has 1 aromatic heterocycles. The number of benzene rings is 2.